The molecule has 6 aliphatic rings. The predicted octanol–water partition coefficient (Wildman–Crippen LogP) is 3.85. The lowest BCUT2D eigenvalue weighted by molar-refractivity contribution is -0.124. The molecule has 4 fully saturated rings. The van der Waals surface area contributed by atoms with Gasteiger partial charge >= 0.3 is 0 Å². The minimum absolute atomic E-state index is 0.0928. The number of amides is 4. The van der Waals surface area contributed by atoms with Crippen LogP contribution < -0.4 is 9.80 Å². The summed E-state index contributed by atoms with van der Waals surface area (Å²) in [4.78, 5) is 63.5. The van der Waals surface area contributed by atoms with Crippen LogP contribution >= 0.6 is 0 Å². The van der Waals surface area contributed by atoms with Gasteiger partial charge in [0.25, 0.3) is 0 Å². The van der Waals surface area contributed by atoms with Crippen LogP contribution in [0.2, 0.25) is 0 Å². The lowest BCUT2D eigenvalue weighted by Crippen LogP contribution is -2.32. The predicted molar refractivity (Wildman–Crippen MR) is 142 cm³/mol. The first-order valence-corrected chi connectivity index (χ1v) is 13.7. The van der Waals surface area contributed by atoms with E-state index in [1.165, 1.54) is 9.80 Å². The van der Waals surface area contributed by atoms with E-state index < -0.39 is 0 Å². The van der Waals surface area contributed by atoms with Crippen molar-refractivity contribution in [3.63, 3.8) is 0 Å². The van der Waals surface area contributed by atoms with E-state index in [1.807, 2.05) is 24.3 Å². The maximum Gasteiger partial charge on any atom is 0.238 e. The Hall–Kier alpha value is -4.33. The van der Waals surface area contributed by atoms with Crippen LogP contribution in [0.3, 0.4) is 0 Å². The Morgan fingerprint density at radius 2 is 1.08 bits per heavy atom. The van der Waals surface area contributed by atoms with Gasteiger partial charge in [-0.25, -0.2) is 9.88 Å². The van der Waals surface area contributed by atoms with E-state index in [1.54, 1.807) is 18.2 Å². The number of fused-ring (bicyclic) bond motifs is 11. The highest BCUT2D eigenvalue weighted by Gasteiger charge is 2.60. The van der Waals surface area contributed by atoms with Crippen LogP contribution in [0.4, 0.5) is 11.4 Å². The Labute approximate surface area is 223 Å². The van der Waals surface area contributed by atoms with Gasteiger partial charge in [-0.1, -0.05) is 24.3 Å². The zero-order valence-electron chi connectivity index (χ0n) is 20.9. The van der Waals surface area contributed by atoms with Crippen molar-refractivity contribution in [2.75, 3.05) is 9.80 Å². The first-order valence-electron chi connectivity index (χ1n) is 13.7. The SMILES string of the molecule is O=C1[C@@H]2[C@H](C(=O)N1c1ccc(-c3nc4ccc(N5C(=O)[C@@H]6[C@H](C5=O)[C@@H]5C=C[C@H]6C5)cc4[nH]3)cc1)[C@@H]1C=C[C@H]2C1. The van der Waals surface area contributed by atoms with Crippen LogP contribution in [0.5, 0.6) is 0 Å². The Bertz CT molecular complexity index is 1660. The number of aromatic nitrogens is 2. The molecule has 2 saturated heterocycles. The van der Waals surface area contributed by atoms with Crippen molar-refractivity contribution in [1.29, 1.82) is 0 Å². The van der Waals surface area contributed by atoms with Crippen LogP contribution in [0, 0.1) is 47.3 Å². The van der Waals surface area contributed by atoms with Crippen molar-refractivity contribution < 1.29 is 19.2 Å². The third kappa shape index (κ3) is 2.66. The number of imide groups is 2. The second kappa shape index (κ2) is 7.20. The fourth-order valence-corrected chi connectivity index (χ4v) is 8.36. The molecule has 2 aromatic carbocycles. The second-order valence-electron chi connectivity index (χ2n) is 11.9. The number of hydrogen-bond acceptors (Lipinski definition) is 5. The van der Waals surface area contributed by atoms with E-state index in [4.69, 9.17) is 4.98 Å². The van der Waals surface area contributed by atoms with Gasteiger partial charge in [0, 0.05) is 5.56 Å². The number of nitrogens with zero attached hydrogens (tertiary/aromatic N) is 3. The summed E-state index contributed by atoms with van der Waals surface area (Å²) in [5, 5.41) is 0. The maximum atomic E-state index is 13.2. The molecule has 8 nitrogen and oxygen atoms in total. The molecule has 8 heteroatoms. The summed E-state index contributed by atoms with van der Waals surface area (Å²) in [5.74, 6) is 0.0185. The molecule has 192 valence electrons. The number of benzene rings is 2. The zero-order valence-corrected chi connectivity index (χ0v) is 20.9. The standard InChI is InChI=1S/C31H24N4O4/c36-28-23-15-1-2-16(11-15)24(23)29(37)34(28)19-7-5-14(6-8-19)27-32-21-10-9-20(13-22(21)33-27)35-30(38)25-17-3-4-18(12-17)26(25)31(35)39/h1-10,13,15-18,23-26H,11-12H2,(H,32,33)/t15-,16+,17-,18+,23-,24+,25-,26+. The fraction of sp³-hybridized carbons (Fsp3) is 0.323. The van der Waals surface area contributed by atoms with Crippen molar-refractivity contribution in [3.05, 3.63) is 66.8 Å². The Morgan fingerprint density at radius 1 is 0.615 bits per heavy atom. The minimum atomic E-state index is -0.237. The molecule has 39 heavy (non-hydrogen) atoms. The molecule has 2 saturated carbocycles. The molecule has 0 unspecified atom stereocenters. The number of aromatic amines is 1. The van der Waals surface area contributed by atoms with Crippen molar-refractivity contribution in [1.82, 2.24) is 9.97 Å². The average molecular weight is 517 g/mol. The summed E-state index contributed by atoms with van der Waals surface area (Å²) in [7, 11) is 0. The summed E-state index contributed by atoms with van der Waals surface area (Å²) in [6.45, 7) is 0. The molecule has 9 rings (SSSR count). The van der Waals surface area contributed by atoms with Crippen molar-refractivity contribution in [2.24, 2.45) is 47.3 Å². The Balaban J connectivity index is 0.997. The minimum Gasteiger partial charge on any atom is -0.338 e. The molecule has 0 spiro atoms. The summed E-state index contributed by atoms with van der Waals surface area (Å²) in [6, 6.07) is 12.7. The molecule has 1 N–H and O–H groups in total. The van der Waals surface area contributed by atoms with Gasteiger partial charge < -0.3 is 4.98 Å². The molecule has 8 atom stereocenters. The van der Waals surface area contributed by atoms with E-state index in [2.05, 4.69) is 29.3 Å². The molecular formula is C31H24N4O4. The summed E-state index contributed by atoms with van der Waals surface area (Å²) >= 11 is 0. The van der Waals surface area contributed by atoms with Crippen LogP contribution in [0.15, 0.2) is 66.8 Å². The van der Waals surface area contributed by atoms with Gasteiger partial charge in [-0.15, -0.1) is 0 Å². The number of carbonyl (C=O) groups excluding carboxylic acids is 4. The second-order valence-corrected chi connectivity index (χ2v) is 11.9. The highest BCUT2D eigenvalue weighted by Crippen LogP contribution is 2.54. The summed E-state index contributed by atoms with van der Waals surface area (Å²) in [6.07, 6.45) is 10.2. The molecule has 3 heterocycles. The third-order valence-electron chi connectivity index (χ3n) is 10.1. The number of hydrogen-bond donors (Lipinski definition) is 1. The molecule has 1 aromatic heterocycles. The Kier molecular flexibility index (Phi) is 3.98. The highest BCUT2D eigenvalue weighted by molar-refractivity contribution is 6.24. The van der Waals surface area contributed by atoms with Crippen molar-refractivity contribution in [2.45, 2.75) is 12.8 Å². The molecular weight excluding hydrogens is 492 g/mol. The molecule has 4 aliphatic carbocycles. The van der Waals surface area contributed by atoms with Crippen LogP contribution in [-0.4, -0.2) is 33.6 Å². The van der Waals surface area contributed by atoms with E-state index in [9.17, 15) is 19.2 Å². The Morgan fingerprint density at radius 3 is 1.59 bits per heavy atom. The van der Waals surface area contributed by atoms with E-state index >= 15 is 0 Å². The zero-order chi connectivity index (χ0) is 26.2. The van der Waals surface area contributed by atoms with E-state index in [0.29, 0.717) is 17.2 Å². The van der Waals surface area contributed by atoms with Crippen LogP contribution in [0.25, 0.3) is 22.4 Å². The van der Waals surface area contributed by atoms with Gasteiger partial charge in [0.15, 0.2) is 0 Å². The molecule has 0 radical (unpaired) electrons. The molecule has 2 aliphatic heterocycles. The van der Waals surface area contributed by atoms with Crippen molar-refractivity contribution in [3.8, 4) is 11.4 Å². The van der Waals surface area contributed by atoms with Gasteiger partial charge in [0.2, 0.25) is 23.6 Å². The number of allylic oxidation sites excluding steroid dienone is 4. The van der Waals surface area contributed by atoms with Crippen molar-refractivity contribution >= 4 is 46.0 Å². The maximum absolute atomic E-state index is 13.2. The van der Waals surface area contributed by atoms with Gasteiger partial charge in [0.05, 0.1) is 46.1 Å². The summed E-state index contributed by atoms with van der Waals surface area (Å²) in [5.41, 5.74) is 3.41. The first kappa shape index (κ1) is 21.6. The van der Waals surface area contributed by atoms with Crippen LogP contribution in [0.1, 0.15) is 12.8 Å². The average Bonchev–Trinajstić information content (AvgIpc) is 3.79. The van der Waals surface area contributed by atoms with Gasteiger partial charge in [-0.2, -0.15) is 0 Å². The monoisotopic (exact) mass is 516 g/mol. The van der Waals surface area contributed by atoms with E-state index in [0.717, 1.165) is 29.4 Å². The quantitative estimate of drug-likeness (QED) is 0.421. The number of H-pyrrole nitrogens is 1. The highest BCUT2D eigenvalue weighted by atomic mass is 16.2. The van der Waals surface area contributed by atoms with E-state index in [-0.39, 0.29) is 71.0 Å². The number of nitrogens with one attached hydrogen (secondary N) is 1. The fourth-order valence-electron chi connectivity index (χ4n) is 8.36. The smallest absolute Gasteiger partial charge is 0.238 e. The topological polar surface area (TPSA) is 103 Å². The summed E-state index contributed by atoms with van der Waals surface area (Å²) < 4.78 is 0. The lowest BCUT2D eigenvalue weighted by Gasteiger charge is -2.17. The molecule has 4 bridgehead atoms. The third-order valence-corrected chi connectivity index (χ3v) is 10.1. The van der Waals surface area contributed by atoms with Crippen LogP contribution in [-0.2, 0) is 19.2 Å². The normalized spacial score (nSPS) is 35.4. The van der Waals surface area contributed by atoms with Gasteiger partial charge in [-0.05, 0) is 79.0 Å². The largest absolute Gasteiger partial charge is 0.338 e. The first-order chi connectivity index (χ1) is 19.0. The molecule has 4 amide bonds. The van der Waals surface area contributed by atoms with Gasteiger partial charge in [-0.3, -0.25) is 24.1 Å². The number of carbonyl (C=O) groups is 4. The lowest BCUT2D eigenvalue weighted by atomic mass is 9.85. The number of rotatable bonds is 3. The van der Waals surface area contributed by atoms with Gasteiger partial charge in [0.1, 0.15) is 5.82 Å². The molecule has 3 aromatic rings. The number of anilines is 2. The number of imidazole rings is 1.